The van der Waals surface area contributed by atoms with Crippen LogP contribution in [-0.4, -0.2) is 17.0 Å². The molecule has 0 aliphatic carbocycles. The highest BCUT2D eigenvalue weighted by Gasteiger charge is 2.08. The second kappa shape index (κ2) is 6.24. The molecule has 1 aromatic carbocycles. The first kappa shape index (κ1) is 12.7. The molecule has 3 heteroatoms. The van der Waals surface area contributed by atoms with Crippen molar-refractivity contribution in [3.05, 3.63) is 52.2 Å². The van der Waals surface area contributed by atoms with Crippen LogP contribution in [0.5, 0.6) is 0 Å². The van der Waals surface area contributed by atoms with Crippen molar-refractivity contribution in [2.45, 2.75) is 24.3 Å². The summed E-state index contributed by atoms with van der Waals surface area (Å²) in [5.74, 6) is 0.753. The minimum Gasteiger partial charge on any atom is -0.392 e. The lowest BCUT2D eigenvalue weighted by Crippen LogP contribution is -2.12. The van der Waals surface area contributed by atoms with Crippen LogP contribution in [0.15, 0.2) is 46.7 Å². The van der Waals surface area contributed by atoms with Crippen LogP contribution in [0.25, 0.3) is 0 Å². The van der Waals surface area contributed by atoms with E-state index in [1.54, 1.807) is 23.1 Å². The molecule has 0 amide bonds. The van der Waals surface area contributed by atoms with E-state index < -0.39 is 0 Å². The van der Waals surface area contributed by atoms with Gasteiger partial charge >= 0.3 is 0 Å². The standard InChI is InChI=1S/C14H16OS2/c1-11-5-2-3-7-14(11)17-10-12(15)9-13-6-4-8-16-13/h2-8,12,15H,9-10H2,1H3. The summed E-state index contributed by atoms with van der Waals surface area (Å²) in [5, 5.41) is 12.0. The Balaban J connectivity index is 1.84. The van der Waals surface area contributed by atoms with Crippen LogP contribution >= 0.6 is 23.1 Å². The number of hydrogen-bond acceptors (Lipinski definition) is 3. The molecule has 1 unspecified atom stereocenters. The summed E-state index contributed by atoms with van der Waals surface area (Å²) < 4.78 is 0. The van der Waals surface area contributed by atoms with E-state index in [4.69, 9.17) is 0 Å². The van der Waals surface area contributed by atoms with Crippen LogP contribution < -0.4 is 0 Å². The molecule has 17 heavy (non-hydrogen) atoms. The average Bonchev–Trinajstić information content (AvgIpc) is 2.81. The molecule has 90 valence electrons. The molecule has 0 saturated carbocycles. The zero-order valence-corrected chi connectivity index (χ0v) is 11.4. The molecule has 0 fully saturated rings. The molecule has 0 saturated heterocycles. The van der Waals surface area contributed by atoms with Gasteiger partial charge in [-0.2, -0.15) is 0 Å². The molecule has 1 nitrogen and oxygen atoms in total. The van der Waals surface area contributed by atoms with E-state index in [9.17, 15) is 5.11 Å². The molecule has 0 bridgehead atoms. The fourth-order valence-electron chi connectivity index (χ4n) is 1.62. The highest BCUT2D eigenvalue weighted by atomic mass is 32.2. The minimum atomic E-state index is -0.266. The number of rotatable bonds is 5. The van der Waals surface area contributed by atoms with Gasteiger partial charge < -0.3 is 5.11 Å². The van der Waals surface area contributed by atoms with E-state index >= 15 is 0 Å². The van der Waals surface area contributed by atoms with E-state index in [-0.39, 0.29) is 6.10 Å². The Hall–Kier alpha value is -0.770. The fraction of sp³-hybridized carbons (Fsp3) is 0.286. The smallest absolute Gasteiger partial charge is 0.0682 e. The molecule has 2 aromatic rings. The van der Waals surface area contributed by atoms with Crippen LogP contribution in [-0.2, 0) is 6.42 Å². The Morgan fingerprint density at radius 3 is 2.76 bits per heavy atom. The summed E-state index contributed by atoms with van der Waals surface area (Å²) in [7, 11) is 0. The maximum Gasteiger partial charge on any atom is 0.0682 e. The largest absolute Gasteiger partial charge is 0.392 e. The lowest BCUT2D eigenvalue weighted by Gasteiger charge is -2.10. The maximum atomic E-state index is 9.96. The van der Waals surface area contributed by atoms with Gasteiger partial charge in [-0.25, -0.2) is 0 Å². The third-order valence-electron chi connectivity index (χ3n) is 2.54. The third kappa shape index (κ3) is 3.87. The van der Waals surface area contributed by atoms with Crippen molar-refractivity contribution in [2.24, 2.45) is 0 Å². The minimum absolute atomic E-state index is 0.266. The number of hydrogen-bond donors (Lipinski definition) is 1. The fourth-order valence-corrected chi connectivity index (χ4v) is 3.36. The first-order valence-corrected chi connectivity index (χ1v) is 7.51. The Kier molecular flexibility index (Phi) is 4.66. The van der Waals surface area contributed by atoms with E-state index in [1.165, 1.54) is 15.3 Å². The van der Waals surface area contributed by atoms with Gasteiger partial charge in [0.25, 0.3) is 0 Å². The van der Waals surface area contributed by atoms with E-state index in [2.05, 4.69) is 30.5 Å². The second-order valence-electron chi connectivity index (χ2n) is 4.01. The lowest BCUT2D eigenvalue weighted by molar-refractivity contribution is 0.201. The Morgan fingerprint density at radius 2 is 2.06 bits per heavy atom. The van der Waals surface area contributed by atoms with Crippen LogP contribution in [0.3, 0.4) is 0 Å². The molecule has 0 aliphatic rings. The van der Waals surface area contributed by atoms with Gasteiger partial charge in [0, 0.05) is 21.9 Å². The van der Waals surface area contributed by atoms with Crippen LogP contribution in [0.2, 0.25) is 0 Å². The molecule has 2 rings (SSSR count). The molecule has 1 N–H and O–H groups in total. The van der Waals surface area contributed by atoms with Gasteiger partial charge in [-0.15, -0.1) is 23.1 Å². The van der Waals surface area contributed by atoms with Crippen molar-refractivity contribution in [3.63, 3.8) is 0 Å². The van der Waals surface area contributed by atoms with Gasteiger partial charge in [0.1, 0.15) is 0 Å². The van der Waals surface area contributed by atoms with Gasteiger partial charge in [0.05, 0.1) is 6.10 Å². The van der Waals surface area contributed by atoms with Crippen molar-refractivity contribution in [2.75, 3.05) is 5.75 Å². The van der Waals surface area contributed by atoms with Crippen LogP contribution in [0.4, 0.5) is 0 Å². The Labute approximate surface area is 111 Å². The van der Waals surface area contributed by atoms with E-state index in [0.717, 1.165) is 12.2 Å². The molecule has 1 heterocycles. The predicted molar refractivity (Wildman–Crippen MR) is 75.9 cm³/mol. The monoisotopic (exact) mass is 264 g/mol. The van der Waals surface area contributed by atoms with Crippen molar-refractivity contribution in [3.8, 4) is 0 Å². The average molecular weight is 264 g/mol. The Morgan fingerprint density at radius 1 is 1.24 bits per heavy atom. The molecular formula is C14H16OS2. The molecule has 1 aromatic heterocycles. The molecule has 0 aliphatic heterocycles. The molecule has 0 radical (unpaired) electrons. The highest BCUT2D eigenvalue weighted by Crippen LogP contribution is 2.23. The van der Waals surface area contributed by atoms with Crippen LogP contribution in [0, 0.1) is 6.92 Å². The number of aliphatic hydroxyl groups is 1. The number of benzene rings is 1. The number of thiophene rings is 1. The summed E-state index contributed by atoms with van der Waals surface area (Å²) in [6.07, 6.45) is 0.495. The van der Waals surface area contributed by atoms with Gasteiger partial charge in [-0.05, 0) is 30.0 Å². The number of thioether (sulfide) groups is 1. The van der Waals surface area contributed by atoms with Crippen molar-refractivity contribution in [1.29, 1.82) is 0 Å². The summed E-state index contributed by atoms with van der Waals surface area (Å²) in [4.78, 5) is 2.51. The molecule has 0 spiro atoms. The SMILES string of the molecule is Cc1ccccc1SCC(O)Cc1cccs1. The summed E-state index contributed by atoms with van der Waals surface area (Å²) >= 11 is 3.44. The quantitative estimate of drug-likeness (QED) is 0.830. The first-order valence-electron chi connectivity index (χ1n) is 5.64. The lowest BCUT2D eigenvalue weighted by atomic mass is 10.2. The summed E-state index contributed by atoms with van der Waals surface area (Å²) in [6.45, 7) is 2.11. The Bertz CT molecular complexity index is 451. The predicted octanol–water partition coefficient (Wildman–Crippen LogP) is 3.75. The topological polar surface area (TPSA) is 20.2 Å². The number of aryl methyl sites for hydroxylation is 1. The van der Waals surface area contributed by atoms with Gasteiger partial charge in [0.15, 0.2) is 0 Å². The summed E-state index contributed by atoms with van der Waals surface area (Å²) in [6, 6.07) is 12.4. The molecular weight excluding hydrogens is 248 g/mol. The summed E-state index contributed by atoms with van der Waals surface area (Å²) in [5.41, 5.74) is 1.28. The normalized spacial score (nSPS) is 12.6. The molecule has 1 atom stereocenters. The van der Waals surface area contributed by atoms with E-state index in [0.29, 0.717) is 0 Å². The zero-order valence-electron chi connectivity index (χ0n) is 9.80. The third-order valence-corrected chi connectivity index (χ3v) is 4.76. The van der Waals surface area contributed by atoms with Gasteiger partial charge in [0.2, 0.25) is 0 Å². The zero-order chi connectivity index (χ0) is 12.1. The second-order valence-corrected chi connectivity index (χ2v) is 6.11. The number of aliphatic hydroxyl groups excluding tert-OH is 1. The van der Waals surface area contributed by atoms with Gasteiger partial charge in [-0.3, -0.25) is 0 Å². The van der Waals surface area contributed by atoms with Gasteiger partial charge in [-0.1, -0.05) is 24.3 Å². The highest BCUT2D eigenvalue weighted by molar-refractivity contribution is 7.99. The van der Waals surface area contributed by atoms with Crippen molar-refractivity contribution in [1.82, 2.24) is 0 Å². The van der Waals surface area contributed by atoms with Crippen molar-refractivity contribution < 1.29 is 5.11 Å². The van der Waals surface area contributed by atoms with Crippen molar-refractivity contribution >= 4 is 23.1 Å². The van der Waals surface area contributed by atoms with Crippen LogP contribution in [0.1, 0.15) is 10.4 Å². The maximum absolute atomic E-state index is 9.96. The van der Waals surface area contributed by atoms with E-state index in [1.807, 2.05) is 18.2 Å². The first-order chi connectivity index (χ1) is 8.25.